The Balaban J connectivity index is 1.65. The van der Waals surface area contributed by atoms with Crippen molar-refractivity contribution in [3.05, 3.63) is 87.8 Å². The predicted octanol–water partition coefficient (Wildman–Crippen LogP) is 6.43. The summed E-state index contributed by atoms with van der Waals surface area (Å²) in [4.78, 5) is 28.2. The molecule has 0 unspecified atom stereocenters. The summed E-state index contributed by atoms with van der Waals surface area (Å²) >= 11 is 2.41. The van der Waals surface area contributed by atoms with Crippen molar-refractivity contribution in [3.8, 4) is 11.5 Å². The summed E-state index contributed by atoms with van der Waals surface area (Å²) in [7, 11) is 0. The Bertz CT molecular complexity index is 1230. The third-order valence-electron chi connectivity index (χ3n) is 5.32. The molecule has 0 radical (unpaired) electrons. The highest BCUT2D eigenvalue weighted by atomic mass is 32.2. The fourth-order valence-electron chi connectivity index (χ4n) is 3.48. The van der Waals surface area contributed by atoms with E-state index in [-0.39, 0.29) is 27.5 Å². The molecule has 162 valence electrons. The number of ketones is 2. The van der Waals surface area contributed by atoms with Gasteiger partial charge in [-0.2, -0.15) is 0 Å². The maximum Gasteiger partial charge on any atom is 0.204 e. The third kappa shape index (κ3) is 4.33. The Hall–Kier alpha value is -2.96. The summed E-state index contributed by atoms with van der Waals surface area (Å²) in [6.45, 7) is 4.13. The molecule has 0 saturated heterocycles. The summed E-state index contributed by atoms with van der Waals surface area (Å²) < 4.78 is 0. The molecule has 0 aromatic heterocycles. The SMILES string of the molecule is CCc1ccc(SC2=CC(=O)c3c(O)c(Sc4ccc(CC)cc4)cc(O)c3C2=O)cc1. The van der Waals surface area contributed by atoms with Gasteiger partial charge in [-0.05, 0) is 54.3 Å². The van der Waals surface area contributed by atoms with Gasteiger partial charge in [0.2, 0.25) is 5.78 Å². The molecule has 0 spiro atoms. The van der Waals surface area contributed by atoms with Gasteiger partial charge in [0, 0.05) is 15.9 Å². The second kappa shape index (κ2) is 9.27. The maximum atomic E-state index is 13.1. The van der Waals surface area contributed by atoms with Crippen LogP contribution in [0.4, 0.5) is 0 Å². The van der Waals surface area contributed by atoms with Crippen LogP contribution in [0.5, 0.6) is 11.5 Å². The van der Waals surface area contributed by atoms with Gasteiger partial charge in [-0.3, -0.25) is 9.59 Å². The topological polar surface area (TPSA) is 74.6 Å². The van der Waals surface area contributed by atoms with Gasteiger partial charge in [0.05, 0.1) is 20.9 Å². The van der Waals surface area contributed by atoms with E-state index in [0.717, 1.165) is 22.6 Å². The van der Waals surface area contributed by atoms with E-state index in [1.165, 1.54) is 46.8 Å². The van der Waals surface area contributed by atoms with E-state index in [1.807, 2.05) is 48.5 Å². The van der Waals surface area contributed by atoms with Crippen molar-refractivity contribution >= 4 is 35.1 Å². The van der Waals surface area contributed by atoms with E-state index < -0.39 is 11.6 Å². The summed E-state index contributed by atoms with van der Waals surface area (Å²) in [6.07, 6.45) is 3.07. The Kier molecular flexibility index (Phi) is 6.44. The standard InChI is InChI=1S/C26H22O4S2/c1-3-15-5-9-17(10-6-15)31-21-13-19(27)24-23(25(21)29)20(28)14-22(26(24)30)32-18-11-7-16(4-2)8-12-18/h5-14,27,29H,3-4H2,1-2H3. The van der Waals surface area contributed by atoms with Crippen molar-refractivity contribution in [2.75, 3.05) is 0 Å². The van der Waals surface area contributed by atoms with Crippen LogP contribution in [0.25, 0.3) is 0 Å². The molecule has 32 heavy (non-hydrogen) atoms. The Labute approximate surface area is 195 Å². The molecule has 0 heterocycles. The van der Waals surface area contributed by atoms with Gasteiger partial charge < -0.3 is 10.2 Å². The van der Waals surface area contributed by atoms with E-state index in [4.69, 9.17) is 0 Å². The minimum Gasteiger partial charge on any atom is -0.507 e. The Morgan fingerprint density at radius 2 is 1.28 bits per heavy atom. The number of hydrogen-bond donors (Lipinski definition) is 2. The van der Waals surface area contributed by atoms with E-state index in [9.17, 15) is 19.8 Å². The number of carbonyl (C=O) groups is 2. The maximum absolute atomic E-state index is 13.1. The predicted molar refractivity (Wildman–Crippen MR) is 128 cm³/mol. The summed E-state index contributed by atoms with van der Waals surface area (Å²) in [5.74, 6) is -1.56. The molecule has 0 bridgehead atoms. The fraction of sp³-hybridized carbons (Fsp3) is 0.154. The van der Waals surface area contributed by atoms with E-state index >= 15 is 0 Å². The molecule has 0 saturated carbocycles. The number of phenols is 2. The number of carbonyl (C=O) groups excluding carboxylic acids is 2. The molecule has 4 nitrogen and oxygen atoms in total. The van der Waals surface area contributed by atoms with Crippen molar-refractivity contribution in [1.82, 2.24) is 0 Å². The molecule has 1 aliphatic carbocycles. The molecule has 3 aromatic rings. The van der Waals surface area contributed by atoms with Crippen LogP contribution in [0, 0.1) is 0 Å². The molecule has 3 aromatic carbocycles. The van der Waals surface area contributed by atoms with E-state index in [2.05, 4.69) is 13.8 Å². The summed E-state index contributed by atoms with van der Waals surface area (Å²) in [5.41, 5.74) is 2.07. The largest absolute Gasteiger partial charge is 0.507 e. The molecular weight excluding hydrogens is 440 g/mol. The van der Waals surface area contributed by atoms with Crippen molar-refractivity contribution in [1.29, 1.82) is 0 Å². The molecule has 0 atom stereocenters. The van der Waals surface area contributed by atoms with Crippen LogP contribution < -0.4 is 0 Å². The zero-order chi connectivity index (χ0) is 22.8. The number of benzene rings is 3. The van der Waals surface area contributed by atoms with E-state index in [1.54, 1.807) is 0 Å². The highest BCUT2D eigenvalue weighted by Gasteiger charge is 2.33. The first-order valence-electron chi connectivity index (χ1n) is 10.3. The van der Waals surface area contributed by atoms with E-state index in [0.29, 0.717) is 4.90 Å². The molecule has 0 amide bonds. The van der Waals surface area contributed by atoms with Gasteiger partial charge in [-0.1, -0.05) is 61.6 Å². The normalized spacial score (nSPS) is 13.1. The van der Waals surface area contributed by atoms with Gasteiger partial charge in [-0.25, -0.2) is 0 Å². The Morgan fingerprint density at radius 1 is 0.750 bits per heavy atom. The van der Waals surface area contributed by atoms with Crippen LogP contribution in [0.2, 0.25) is 0 Å². The number of fused-ring (bicyclic) bond motifs is 1. The van der Waals surface area contributed by atoms with Crippen molar-refractivity contribution in [2.24, 2.45) is 0 Å². The van der Waals surface area contributed by atoms with Crippen LogP contribution in [-0.4, -0.2) is 21.8 Å². The zero-order valence-electron chi connectivity index (χ0n) is 17.7. The average Bonchev–Trinajstić information content (AvgIpc) is 2.80. The number of allylic oxidation sites excluding steroid dienone is 2. The van der Waals surface area contributed by atoms with Crippen LogP contribution in [-0.2, 0) is 12.8 Å². The molecule has 2 N–H and O–H groups in total. The second-order valence-corrected chi connectivity index (χ2v) is 9.62. The van der Waals surface area contributed by atoms with Gasteiger partial charge >= 0.3 is 0 Å². The minimum absolute atomic E-state index is 0.145. The second-order valence-electron chi connectivity index (χ2n) is 7.39. The lowest BCUT2D eigenvalue weighted by Crippen LogP contribution is -2.16. The minimum atomic E-state index is -0.496. The third-order valence-corrected chi connectivity index (χ3v) is 7.39. The number of hydrogen-bond acceptors (Lipinski definition) is 6. The summed E-state index contributed by atoms with van der Waals surface area (Å²) in [5, 5.41) is 21.4. The lowest BCUT2D eigenvalue weighted by atomic mass is 9.93. The quantitative estimate of drug-likeness (QED) is 0.411. The van der Waals surface area contributed by atoms with Gasteiger partial charge in [0.1, 0.15) is 11.5 Å². The Morgan fingerprint density at radius 3 is 1.81 bits per heavy atom. The highest BCUT2D eigenvalue weighted by Crippen LogP contribution is 2.45. The zero-order valence-corrected chi connectivity index (χ0v) is 19.3. The molecule has 0 fully saturated rings. The lowest BCUT2D eigenvalue weighted by molar-refractivity contribution is 0.0986. The molecular formula is C26H22O4S2. The van der Waals surface area contributed by atoms with Gasteiger partial charge in [0.15, 0.2) is 5.78 Å². The van der Waals surface area contributed by atoms with Crippen LogP contribution in [0.3, 0.4) is 0 Å². The molecule has 1 aliphatic rings. The first kappa shape index (κ1) is 22.2. The number of thioether (sulfide) groups is 1. The number of phenolic OH excluding ortho intramolecular Hbond substituents is 2. The molecule has 4 rings (SSSR count). The van der Waals surface area contributed by atoms with Crippen LogP contribution in [0.1, 0.15) is 45.7 Å². The smallest absolute Gasteiger partial charge is 0.204 e. The average molecular weight is 463 g/mol. The van der Waals surface area contributed by atoms with Crippen molar-refractivity contribution in [3.63, 3.8) is 0 Å². The van der Waals surface area contributed by atoms with Gasteiger partial charge in [-0.15, -0.1) is 0 Å². The first-order chi connectivity index (χ1) is 15.4. The number of aryl methyl sites for hydroxylation is 2. The first-order valence-corrected chi connectivity index (χ1v) is 12.0. The van der Waals surface area contributed by atoms with Crippen LogP contribution >= 0.6 is 23.5 Å². The highest BCUT2D eigenvalue weighted by molar-refractivity contribution is 8.04. The van der Waals surface area contributed by atoms with Crippen molar-refractivity contribution < 1.29 is 19.8 Å². The molecule has 0 aliphatic heterocycles. The summed E-state index contributed by atoms with van der Waals surface area (Å²) in [6, 6.07) is 16.9. The number of rotatable bonds is 6. The van der Waals surface area contributed by atoms with Crippen LogP contribution in [0.15, 0.2) is 80.3 Å². The molecule has 6 heteroatoms. The number of aromatic hydroxyl groups is 2. The van der Waals surface area contributed by atoms with Gasteiger partial charge in [0.25, 0.3) is 0 Å². The number of Topliss-reactive ketones (excluding diaryl/α,β-unsaturated/α-hetero) is 1. The monoisotopic (exact) mass is 462 g/mol. The lowest BCUT2D eigenvalue weighted by Gasteiger charge is -2.19. The van der Waals surface area contributed by atoms with Crippen molar-refractivity contribution in [2.45, 2.75) is 41.4 Å². The fourth-order valence-corrected chi connectivity index (χ4v) is 5.26.